The van der Waals surface area contributed by atoms with Gasteiger partial charge in [-0.25, -0.2) is 9.59 Å². The van der Waals surface area contributed by atoms with Crippen LogP contribution in [-0.2, 0) is 4.79 Å². The normalized spacial score (nSPS) is 23.0. The van der Waals surface area contributed by atoms with Crippen molar-refractivity contribution >= 4 is 12.0 Å². The van der Waals surface area contributed by atoms with E-state index in [-0.39, 0.29) is 6.03 Å². The van der Waals surface area contributed by atoms with Gasteiger partial charge in [0.15, 0.2) is 0 Å². The van der Waals surface area contributed by atoms with E-state index >= 15 is 0 Å². The lowest BCUT2D eigenvalue weighted by Crippen LogP contribution is -2.56. The summed E-state index contributed by atoms with van der Waals surface area (Å²) in [5.41, 5.74) is -1.04. The van der Waals surface area contributed by atoms with E-state index in [1.807, 2.05) is 0 Å². The number of likely N-dealkylation sites (tertiary alicyclic amines) is 1. The molecule has 0 aromatic rings. The van der Waals surface area contributed by atoms with Crippen molar-refractivity contribution in [1.82, 2.24) is 15.1 Å². The van der Waals surface area contributed by atoms with Crippen LogP contribution in [0.1, 0.15) is 38.5 Å². The molecular formula is C15H27N3O3. The highest BCUT2D eigenvalue weighted by atomic mass is 16.4. The Bertz CT molecular complexity index is 386. The highest BCUT2D eigenvalue weighted by Crippen LogP contribution is 2.30. The number of amides is 2. The third-order valence-corrected chi connectivity index (χ3v) is 4.93. The molecule has 6 nitrogen and oxygen atoms in total. The molecule has 0 spiro atoms. The SMILES string of the molecule is CN1CCC(CN(C)C(=O)NC2(C(=O)O)CCCC2)CC1. The molecule has 1 aliphatic heterocycles. The van der Waals surface area contributed by atoms with Gasteiger partial charge in [-0.15, -0.1) is 0 Å². The molecule has 0 aromatic heterocycles. The average Bonchev–Trinajstić information content (AvgIpc) is 2.91. The zero-order valence-corrected chi connectivity index (χ0v) is 13.1. The average molecular weight is 297 g/mol. The van der Waals surface area contributed by atoms with Crippen LogP contribution in [-0.4, -0.2) is 66.2 Å². The molecule has 0 bridgehead atoms. The van der Waals surface area contributed by atoms with Crippen molar-refractivity contribution in [1.29, 1.82) is 0 Å². The van der Waals surface area contributed by atoms with E-state index in [0.717, 1.165) is 38.8 Å². The number of carboxylic acid groups (broad SMARTS) is 1. The molecule has 2 N–H and O–H groups in total. The monoisotopic (exact) mass is 297 g/mol. The molecule has 1 saturated heterocycles. The third kappa shape index (κ3) is 3.87. The summed E-state index contributed by atoms with van der Waals surface area (Å²) in [7, 11) is 3.88. The van der Waals surface area contributed by atoms with Crippen LogP contribution in [0.3, 0.4) is 0 Å². The van der Waals surface area contributed by atoms with Crippen LogP contribution in [0.5, 0.6) is 0 Å². The van der Waals surface area contributed by atoms with Crippen LogP contribution in [0.15, 0.2) is 0 Å². The van der Waals surface area contributed by atoms with Crippen LogP contribution in [0.4, 0.5) is 4.79 Å². The van der Waals surface area contributed by atoms with Crippen molar-refractivity contribution in [3.8, 4) is 0 Å². The number of nitrogens with zero attached hydrogens (tertiary/aromatic N) is 2. The van der Waals surface area contributed by atoms with Gasteiger partial charge < -0.3 is 20.2 Å². The summed E-state index contributed by atoms with van der Waals surface area (Å²) in [6, 6.07) is -0.252. The first-order chi connectivity index (χ1) is 9.93. The predicted octanol–water partition coefficient (Wildman–Crippen LogP) is 1.37. The van der Waals surface area contributed by atoms with E-state index in [9.17, 15) is 14.7 Å². The second-order valence-electron chi connectivity index (χ2n) is 6.65. The first-order valence-corrected chi connectivity index (χ1v) is 7.88. The van der Waals surface area contributed by atoms with Gasteiger partial charge in [0.05, 0.1) is 0 Å². The van der Waals surface area contributed by atoms with E-state index in [2.05, 4.69) is 17.3 Å². The van der Waals surface area contributed by atoms with Gasteiger partial charge in [-0.2, -0.15) is 0 Å². The molecule has 21 heavy (non-hydrogen) atoms. The van der Waals surface area contributed by atoms with Gasteiger partial charge in [0.25, 0.3) is 0 Å². The molecule has 1 aliphatic carbocycles. The number of carbonyl (C=O) groups is 2. The highest BCUT2D eigenvalue weighted by molar-refractivity contribution is 5.86. The first kappa shape index (κ1) is 16.1. The Morgan fingerprint density at radius 3 is 2.38 bits per heavy atom. The van der Waals surface area contributed by atoms with E-state index < -0.39 is 11.5 Å². The minimum absolute atomic E-state index is 0.252. The van der Waals surface area contributed by atoms with Crippen LogP contribution in [0.25, 0.3) is 0 Å². The molecular weight excluding hydrogens is 270 g/mol. The fourth-order valence-corrected chi connectivity index (χ4v) is 3.39. The van der Waals surface area contributed by atoms with Gasteiger partial charge in [-0.3, -0.25) is 0 Å². The molecule has 1 saturated carbocycles. The second-order valence-corrected chi connectivity index (χ2v) is 6.65. The van der Waals surface area contributed by atoms with Crippen molar-refractivity contribution < 1.29 is 14.7 Å². The number of aliphatic carboxylic acids is 1. The first-order valence-electron chi connectivity index (χ1n) is 7.88. The quantitative estimate of drug-likeness (QED) is 0.822. The number of urea groups is 1. The summed E-state index contributed by atoms with van der Waals surface area (Å²) in [6.07, 6.45) is 5.00. The lowest BCUT2D eigenvalue weighted by Gasteiger charge is -2.33. The molecule has 1 heterocycles. The Hall–Kier alpha value is -1.30. The van der Waals surface area contributed by atoms with Gasteiger partial charge >= 0.3 is 12.0 Å². The topological polar surface area (TPSA) is 72.9 Å². The Morgan fingerprint density at radius 2 is 1.86 bits per heavy atom. The Balaban J connectivity index is 1.86. The van der Waals surface area contributed by atoms with Crippen molar-refractivity contribution in [2.75, 3.05) is 33.7 Å². The van der Waals surface area contributed by atoms with Crippen LogP contribution in [0.2, 0.25) is 0 Å². The standard InChI is InChI=1S/C15H27N3O3/c1-17-9-5-12(6-10-17)11-18(2)14(21)16-15(13(19)20)7-3-4-8-15/h12H,3-11H2,1-2H3,(H,16,21)(H,19,20). The van der Waals surface area contributed by atoms with Gasteiger partial charge in [0, 0.05) is 13.6 Å². The number of nitrogens with one attached hydrogen (secondary N) is 1. The van der Waals surface area contributed by atoms with Gasteiger partial charge in [-0.1, -0.05) is 12.8 Å². The number of carbonyl (C=O) groups excluding carboxylic acids is 1. The van der Waals surface area contributed by atoms with Crippen LogP contribution >= 0.6 is 0 Å². The molecule has 0 atom stereocenters. The summed E-state index contributed by atoms with van der Waals surface area (Å²) in [5.74, 6) is -0.387. The smallest absolute Gasteiger partial charge is 0.329 e. The Kier molecular flexibility index (Phi) is 5.08. The van der Waals surface area contributed by atoms with Gasteiger partial charge in [0.2, 0.25) is 0 Å². The summed E-state index contributed by atoms with van der Waals surface area (Å²) >= 11 is 0. The molecule has 120 valence electrons. The number of hydrogen-bond acceptors (Lipinski definition) is 3. The Morgan fingerprint density at radius 1 is 1.29 bits per heavy atom. The molecule has 2 rings (SSSR count). The lowest BCUT2D eigenvalue weighted by molar-refractivity contribution is -0.144. The molecule has 2 amide bonds. The Labute approximate surface area is 126 Å². The zero-order chi connectivity index (χ0) is 15.5. The van der Waals surface area contributed by atoms with E-state index in [4.69, 9.17) is 0 Å². The molecule has 2 fully saturated rings. The van der Waals surface area contributed by atoms with Gasteiger partial charge in [-0.05, 0) is 51.7 Å². The maximum Gasteiger partial charge on any atom is 0.329 e. The van der Waals surface area contributed by atoms with Crippen molar-refractivity contribution in [2.24, 2.45) is 5.92 Å². The second kappa shape index (κ2) is 6.64. The van der Waals surface area contributed by atoms with Crippen molar-refractivity contribution in [3.05, 3.63) is 0 Å². The van der Waals surface area contributed by atoms with Crippen molar-refractivity contribution in [3.63, 3.8) is 0 Å². The number of carboxylic acids is 1. The maximum absolute atomic E-state index is 12.3. The molecule has 6 heteroatoms. The zero-order valence-electron chi connectivity index (χ0n) is 13.1. The number of piperidine rings is 1. The fourth-order valence-electron chi connectivity index (χ4n) is 3.39. The molecule has 0 aromatic carbocycles. The summed E-state index contributed by atoms with van der Waals surface area (Å²) in [6.45, 7) is 2.84. The van der Waals surface area contributed by atoms with E-state index in [0.29, 0.717) is 25.3 Å². The van der Waals surface area contributed by atoms with Crippen molar-refractivity contribution in [2.45, 2.75) is 44.1 Å². The van der Waals surface area contributed by atoms with E-state index in [1.54, 1.807) is 11.9 Å². The number of rotatable bonds is 4. The number of hydrogen-bond donors (Lipinski definition) is 2. The molecule has 2 aliphatic rings. The largest absolute Gasteiger partial charge is 0.480 e. The predicted molar refractivity (Wildman–Crippen MR) is 80.2 cm³/mol. The minimum Gasteiger partial charge on any atom is -0.480 e. The van der Waals surface area contributed by atoms with E-state index in [1.165, 1.54) is 0 Å². The summed E-state index contributed by atoms with van der Waals surface area (Å²) < 4.78 is 0. The molecule has 0 radical (unpaired) electrons. The molecule has 0 unspecified atom stereocenters. The van der Waals surface area contributed by atoms with Crippen LogP contribution in [0, 0.1) is 5.92 Å². The maximum atomic E-state index is 12.3. The summed E-state index contributed by atoms with van der Waals surface area (Å²) in [5, 5.41) is 12.2. The minimum atomic E-state index is -1.04. The lowest BCUT2D eigenvalue weighted by atomic mass is 9.96. The highest BCUT2D eigenvalue weighted by Gasteiger charge is 2.43. The third-order valence-electron chi connectivity index (χ3n) is 4.93. The fraction of sp³-hybridized carbons (Fsp3) is 0.867. The van der Waals surface area contributed by atoms with Crippen LogP contribution < -0.4 is 5.32 Å². The van der Waals surface area contributed by atoms with Gasteiger partial charge in [0.1, 0.15) is 5.54 Å². The summed E-state index contributed by atoms with van der Waals surface area (Å²) in [4.78, 5) is 27.7.